The van der Waals surface area contributed by atoms with E-state index in [1.54, 1.807) is 12.3 Å². The Morgan fingerprint density at radius 1 is 1.42 bits per heavy atom. The Morgan fingerprint density at radius 2 is 2.23 bits per heavy atom. The number of carboxylic acids is 1. The lowest BCUT2D eigenvalue weighted by molar-refractivity contribution is -0.138. The number of likely N-dealkylation sites (N-methyl/N-ethyl adjacent to an activating group) is 1. The summed E-state index contributed by atoms with van der Waals surface area (Å²) in [6, 6.07) is 5.29. The van der Waals surface area contributed by atoms with E-state index in [4.69, 9.17) is 9.84 Å². The summed E-state index contributed by atoms with van der Waals surface area (Å²) in [6.07, 6.45) is 4.51. The molecule has 1 aliphatic heterocycles. The van der Waals surface area contributed by atoms with Crippen molar-refractivity contribution in [3.8, 4) is 5.75 Å². The summed E-state index contributed by atoms with van der Waals surface area (Å²) in [5.41, 5.74) is 1.61. The molecule has 2 heterocycles. The maximum absolute atomic E-state index is 14.0. The van der Waals surface area contributed by atoms with Crippen LogP contribution in [-0.2, 0) is 4.79 Å². The number of carboxylic acid groups (broad SMARTS) is 1. The molecule has 1 atom stereocenters. The van der Waals surface area contributed by atoms with E-state index in [9.17, 15) is 9.18 Å². The smallest absolute Gasteiger partial charge is 0.317 e. The van der Waals surface area contributed by atoms with Gasteiger partial charge in [0, 0.05) is 42.5 Å². The van der Waals surface area contributed by atoms with Gasteiger partial charge in [0.05, 0.1) is 19.2 Å². The van der Waals surface area contributed by atoms with E-state index in [0.717, 1.165) is 43.4 Å². The van der Waals surface area contributed by atoms with Crippen LogP contribution in [0.25, 0.3) is 10.9 Å². The highest BCUT2D eigenvalue weighted by Crippen LogP contribution is 2.32. The van der Waals surface area contributed by atoms with E-state index >= 15 is 0 Å². The summed E-state index contributed by atoms with van der Waals surface area (Å²) in [5, 5.41) is 9.87. The van der Waals surface area contributed by atoms with Crippen LogP contribution in [0.4, 0.5) is 10.1 Å². The normalized spacial score (nSPS) is 18.2. The summed E-state index contributed by atoms with van der Waals surface area (Å²) in [7, 11) is 3.32. The van der Waals surface area contributed by atoms with Gasteiger partial charge in [-0.3, -0.25) is 14.7 Å². The Kier molecular flexibility index (Phi) is 5.56. The van der Waals surface area contributed by atoms with Crippen molar-refractivity contribution in [1.29, 1.82) is 0 Å². The molecule has 2 aromatic rings. The first-order valence-corrected chi connectivity index (χ1v) is 8.79. The van der Waals surface area contributed by atoms with Crippen LogP contribution in [-0.4, -0.2) is 60.8 Å². The Bertz CT molecular complexity index is 799. The summed E-state index contributed by atoms with van der Waals surface area (Å²) in [4.78, 5) is 19.4. The number of halogens is 1. The third-order valence-electron chi connectivity index (χ3n) is 5.04. The molecule has 1 aromatic carbocycles. The number of aromatic nitrogens is 1. The van der Waals surface area contributed by atoms with Gasteiger partial charge in [0.1, 0.15) is 0 Å². The van der Waals surface area contributed by atoms with E-state index in [1.165, 1.54) is 13.2 Å². The maximum Gasteiger partial charge on any atom is 0.317 e. The molecule has 0 saturated carbocycles. The number of rotatable bonds is 5. The minimum Gasteiger partial charge on any atom is -0.494 e. The molecule has 1 aliphatic rings. The lowest BCUT2D eigenvalue weighted by atomic mass is 10.1. The highest BCUT2D eigenvalue weighted by Gasteiger charge is 2.23. The van der Waals surface area contributed by atoms with Crippen LogP contribution in [0.15, 0.2) is 24.4 Å². The molecule has 1 unspecified atom stereocenters. The Morgan fingerprint density at radius 3 is 2.96 bits per heavy atom. The van der Waals surface area contributed by atoms with E-state index in [0.29, 0.717) is 5.52 Å². The molecule has 0 radical (unpaired) electrons. The van der Waals surface area contributed by atoms with Crippen LogP contribution in [0, 0.1) is 5.82 Å². The summed E-state index contributed by atoms with van der Waals surface area (Å²) >= 11 is 0. The van der Waals surface area contributed by atoms with Crippen LogP contribution in [0.5, 0.6) is 5.75 Å². The second kappa shape index (κ2) is 7.86. The van der Waals surface area contributed by atoms with E-state index in [2.05, 4.69) is 9.88 Å². The van der Waals surface area contributed by atoms with Crippen molar-refractivity contribution in [2.75, 3.05) is 38.7 Å². The lowest BCUT2D eigenvalue weighted by Gasteiger charge is -2.27. The highest BCUT2D eigenvalue weighted by molar-refractivity contribution is 5.92. The number of benzene rings is 1. The van der Waals surface area contributed by atoms with Gasteiger partial charge >= 0.3 is 5.97 Å². The van der Waals surface area contributed by atoms with Gasteiger partial charge in [0.2, 0.25) is 0 Å². The molecule has 3 rings (SSSR count). The Hall–Kier alpha value is -2.41. The van der Waals surface area contributed by atoms with E-state index < -0.39 is 11.8 Å². The number of hydrogen-bond acceptors (Lipinski definition) is 5. The molecule has 0 spiro atoms. The monoisotopic (exact) mass is 361 g/mol. The van der Waals surface area contributed by atoms with Crippen molar-refractivity contribution in [3.05, 3.63) is 30.2 Å². The number of carbonyl (C=O) groups is 1. The zero-order valence-corrected chi connectivity index (χ0v) is 15.1. The zero-order chi connectivity index (χ0) is 18.7. The Balaban J connectivity index is 1.84. The molecule has 7 heteroatoms. The largest absolute Gasteiger partial charge is 0.494 e. The SMILES string of the molecule is COc1cc2c(N3CCCC(N(C)CC(=O)O)CC3)ccnc2cc1F. The molecule has 26 heavy (non-hydrogen) atoms. The number of ether oxygens (including phenoxy) is 1. The van der Waals surface area contributed by atoms with Crippen molar-refractivity contribution in [3.63, 3.8) is 0 Å². The first kappa shape index (κ1) is 18.4. The van der Waals surface area contributed by atoms with E-state index in [-0.39, 0.29) is 18.3 Å². The minimum atomic E-state index is -0.803. The predicted octanol–water partition coefficient (Wildman–Crippen LogP) is 2.76. The second-order valence-corrected chi connectivity index (χ2v) is 6.71. The predicted molar refractivity (Wildman–Crippen MR) is 98.4 cm³/mol. The average Bonchev–Trinajstić information content (AvgIpc) is 2.86. The van der Waals surface area contributed by atoms with Crippen molar-refractivity contribution in [2.24, 2.45) is 0 Å². The van der Waals surface area contributed by atoms with Crippen LogP contribution >= 0.6 is 0 Å². The summed E-state index contributed by atoms with van der Waals surface area (Å²) in [6.45, 7) is 1.74. The average molecular weight is 361 g/mol. The Labute approximate surface area is 152 Å². The van der Waals surface area contributed by atoms with Crippen LogP contribution in [0.2, 0.25) is 0 Å². The third kappa shape index (κ3) is 3.88. The molecule has 1 fully saturated rings. The van der Waals surface area contributed by atoms with Gasteiger partial charge in [0.25, 0.3) is 0 Å². The molecule has 1 aromatic heterocycles. The molecular weight excluding hydrogens is 337 g/mol. The highest BCUT2D eigenvalue weighted by atomic mass is 19.1. The van der Waals surface area contributed by atoms with Crippen molar-refractivity contribution < 1.29 is 19.0 Å². The molecular formula is C19H24FN3O3. The number of pyridine rings is 1. The lowest BCUT2D eigenvalue weighted by Crippen LogP contribution is -2.36. The van der Waals surface area contributed by atoms with Gasteiger partial charge in [-0.1, -0.05) is 0 Å². The molecule has 1 saturated heterocycles. The topological polar surface area (TPSA) is 65.9 Å². The number of hydrogen-bond donors (Lipinski definition) is 1. The fraction of sp³-hybridized carbons (Fsp3) is 0.474. The van der Waals surface area contributed by atoms with Gasteiger partial charge in [-0.05, 0) is 38.4 Å². The molecule has 6 nitrogen and oxygen atoms in total. The third-order valence-corrected chi connectivity index (χ3v) is 5.04. The van der Waals surface area contributed by atoms with Crippen molar-refractivity contribution in [2.45, 2.75) is 25.3 Å². The summed E-state index contributed by atoms with van der Waals surface area (Å²) in [5.74, 6) is -1.01. The molecule has 0 bridgehead atoms. The maximum atomic E-state index is 14.0. The first-order chi connectivity index (χ1) is 12.5. The quantitative estimate of drug-likeness (QED) is 0.883. The first-order valence-electron chi connectivity index (χ1n) is 8.79. The van der Waals surface area contributed by atoms with Gasteiger partial charge < -0.3 is 14.7 Å². The molecule has 140 valence electrons. The number of anilines is 1. The molecule has 0 amide bonds. The van der Waals surface area contributed by atoms with E-state index in [1.807, 2.05) is 18.0 Å². The second-order valence-electron chi connectivity index (χ2n) is 6.71. The number of methoxy groups -OCH3 is 1. The van der Waals surface area contributed by atoms with Crippen LogP contribution in [0.3, 0.4) is 0 Å². The van der Waals surface area contributed by atoms with Gasteiger partial charge in [-0.15, -0.1) is 0 Å². The number of nitrogens with zero attached hydrogens (tertiary/aromatic N) is 3. The minimum absolute atomic E-state index is 0.0549. The van der Waals surface area contributed by atoms with Crippen LogP contribution < -0.4 is 9.64 Å². The van der Waals surface area contributed by atoms with Gasteiger partial charge in [-0.2, -0.15) is 0 Å². The standard InChI is InChI=1S/C19H24FN3O3/c1-22(12-19(24)25)13-4-3-8-23(9-6-13)17-5-7-21-16-11-15(20)18(26-2)10-14(16)17/h5,7,10-11,13H,3-4,6,8-9,12H2,1-2H3,(H,24,25). The fourth-order valence-corrected chi connectivity index (χ4v) is 3.67. The van der Waals surface area contributed by atoms with Crippen molar-refractivity contribution >= 4 is 22.6 Å². The van der Waals surface area contributed by atoms with Crippen LogP contribution in [0.1, 0.15) is 19.3 Å². The zero-order valence-electron chi connectivity index (χ0n) is 15.1. The van der Waals surface area contributed by atoms with Crippen molar-refractivity contribution in [1.82, 2.24) is 9.88 Å². The number of aliphatic carboxylic acids is 1. The fourth-order valence-electron chi connectivity index (χ4n) is 3.67. The van der Waals surface area contributed by atoms with Gasteiger partial charge in [0.15, 0.2) is 11.6 Å². The van der Waals surface area contributed by atoms with Gasteiger partial charge in [-0.25, -0.2) is 4.39 Å². The summed E-state index contributed by atoms with van der Waals surface area (Å²) < 4.78 is 19.1. The molecule has 0 aliphatic carbocycles. The number of fused-ring (bicyclic) bond motifs is 1. The molecule has 1 N–H and O–H groups in total.